The molecule has 1 amide bonds. The second-order valence-corrected chi connectivity index (χ2v) is 7.29. The largest absolute Gasteiger partial charge is 0.507 e. The number of benzene rings is 1. The molecule has 9 nitrogen and oxygen atoms in total. The van der Waals surface area contributed by atoms with Gasteiger partial charge in [0.25, 0.3) is 0 Å². The number of aromatic hydroxyl groups is 1. The van der Waals surface area contributed by atoms with Crippen molar-refractivity contribution in [3.8, 4) is 11.5 Å². The number of carboxylic acids is 1. The third-order valence-electron chi connectivity index (χ3n) is 5.11. The second kappa shape index (κ2) is 9.62. The Hall–Kier alpha value is -3.07. The Morgan fingerprint density at radius 3 is 2.57 bits per heavy atom. The molecule has 4 N–H and O–H groups in total. The third-order valence-corrected chi connectivity index (χ3v) is 5.11. The highest BCUT2D eigenvalue weighted by molar-refractivity contribution is 5.98. The molecule has 1 aromatic carbocycles. The van der Waals surface area contributed by atoms with Crippen LogP contribution in [0.3, 0.4) is 0 Å². The number of rotatable bonds is 9. The Balaban J connectivity index is 2.10. The number of carboxylic acid groups (broad SMARTS) is 1. The summed E-state index contributed by atoms with van der Waals surface area (Å²) in [5, 5.41) is 31.3. The van der Waals surface area contributed by atoms with E-state index in [9.17, 15) is 24.6 Å². The van der Waals surface area contributed by atoms with E-state index in [1.54, 1.807) is 19.9 Å². The SMILES string of the molecule is COc1c(C)c2c(c(O)c1C/C=C(\C)CCC(=O)N[C@@H](C(=O)O)[C@@H](C)O)C(=O)OC2. The normalized spacial score (nSPS) is 15.2. The summed E-state index contributed by atoms with van der Waals surface area (Å²) < 4.78 is 10.5. The van der Waals surface area contributed by atoms with Crippen molar-refractivity contribution in [1.29, 1.82) is 0 Å². The summed E-state index contributed by atoms with van der Waals surface area (Å²) in [6.07, 6.45) is 1.26. The van der Waals surface area contributed by atoms with Gasteiger partial charge in [0.2, 0.25) is 5.91 Å². The topological polar surface area (TPSA) is 142 Å². The fraction of sp³-hybridized carbons (Fsp3) is 0.476. The molecule has 0 radical (unpaired) electrons. The van der Waals surface area contributed by atoms with E-state index >= 15 is 0 Å². The number of aliphatic carboxylic acids is 1. The van der Waals surface area contributed by atoms with Crippen LogP contribution in [0.1, 0.15) is 53.7 Å². The molecule has 2 atom stereocenters. The first-order valence-electron chi connectivity index (χ1n) is 9.52. The minimum Gasteiger partial charge on any atom is -0.507 e. The molecule has 1 aliphatic rings. The minimum atomic E-state index is -1.36. The number of cyclic esters (lactones) is 1. The molecule has 30 heavy (non-hydrogen) atoms. The van der Waals surface area contributed by atoms with Gasteiger partial charge in [-0.05, 0) is 39.2 Å². The lowest BCUT2D eigenvalue weighted by Crippen LogP contribution is -2.47. The van der Waals surface area contributed by atoms with Crippen molar-refractivity contribution in [2.45, 2.75) is 58.8 Å². The zero-order valence-corrected chi connectivity index (χ0v) is 17.4. The van der Waals surface area contributed by atoms with Crippen molar-refractivity contribution in [2.75, 3.05) is 7.11 Å². The van der Waals surface area contributed by atoms with Crippen molar-refractivity contribution >= 4 is 17.8 Å². The summed E-state index contributed by atoms with van der Waals surface area (Å²) in [7, 11) is 1.48. The van der Waals surface area contributed by atoms with E-state index in [2.05, 4.69) is 5.32 Å². The number of esters is 1. The van der Waals surface area contributed by atoms with Crippen molar-refractivity contribution in [1.82, 2.24) is 5.32 Å². The van der Waals surface area contributed by atoms with E-state index in [0.29, 0.717) is 23.3 Å². The maximum atomic E-state index is 12.0. The lowest BCUT2D eigenvalue weighted by molar-refractivity contribution is -0.144. The number of fused-ring (bicyclic) bond motifs is 1. The zero-order chi connectivity index (χ0) is 22.6. The van der Waals surface area contributed by atoms with Crippen LogP contribution in [0.4, 0.5) is 0 Å². The predicted octanol–water partition coefficient (Wildman–Crippen LogP) is 1.60. The van der Waals surface area contributed by atoms with Gasteiger partial charge >= 0.3 is 11.9 Å². The molecule has 0 aromatic heterocycles. The Morgan fingerprint density at radius 2 is 2.00 bits per heavy atom. The molecule has 0 aliphatic carbocycles. The summed E-state index contributed by atoms with van der Waals surface area (Å²) in [4.78, 5) is 35.0. The molecule has 0 fully saturated rings. The summed E-state index contributed by atoms with van der Waals surface area (Å²) in [5.74, 6) is -2.06. The number of amides is 1. The average molecular weight is 421 g/mol. The molecule has 1 aliphatic heterocycles. The number of methoxy groups -OCH3 is 1. The fourth-order valence-electron chi connectivity index (χ4n) is 3.35. The van der Waals surface area contributed by atoms with E-state index in [0.717, 1.165) is 11.1 Å². The van der Waals surface area contributed by atoms with Gasteiger partial charge in [-0.2, -0.15) is 0 Å². The van der Waals surface area contributed by atoms with Crippen LogP contribution in [0.5, 0.6) is 11.5 Å². The number of aliphatic hydroxyl groups excluding tert-OH is 1. The molecule has 2 rings (SSSR count). The van der Waals surface area contributed by atoms with Crippen LogP contribution < -0.4 is 10.1 Å². The monoisotopic (exact) mass is 421 g/mol. The van der Waals surface area contributed by atoms with Gasteiger partial charge in [0, 0.05) is 17.5 Å². The van der Waals surface area contributed by atoms with Crippen LogP contribution in [0.25, 0.3) is 0 Å². The first kappa shape index (κ1) is 23.2. The van der Waals surface area contributed by atoms with Crippen molar-refractivity contribution < 1.29 is 39.2 Å². The molecule has 9 heteroatoms. The van der Waals surface area contributed by atoms with Gasteiger partial charge in [-0.1, -0.05) is 11.6 Å². The van der Waals surface area contributed by atoms with E-state index in [4.69, 9.17) is 14.6 Å². The van der Waals surface area contributed by atoms with Crippen LogP contribution in [0.15, 0.2) is 11.6 Å². The molecule has 164 valence electrons. The molecule has 0 bridgehead atoms. The van der Waals surface area contributed by atoms with Gasteiger partial charge < -0.3 is 30.1 Å². The van der Waals surface area contributed by atoms with Crippen LogP contribution >= 0.6 is 0 Å². The molecule has 1 heterocycles. The van der Waals surface area contributed by atoms with Crippen LogP contribution in [0.2, 0.25) is 0 Å². The summed E-state index contributed by atoms with van der Waals surface area (Å²) in [6, 6.07) is -1.36. The number of allylic oxidation sites excluding steroid dienone is 2. The first-order valence-corrected chi connectivity index (χ1v) is 9.52. The average Bonchev–Trinajstić information content (AvgIpc) is 3.07. The van der Waals surface area contributed by atoms with Gasteiger partial charge in [-0.25, -0.2) is 9.59 Å². The molecule has 0 saturated carbocycles. The summed E-state index contributed by atoms with van der Waals surface area (Å²) >= 11 is 0. The van der Waals surface area contributed by atoms with Crippen molar-refractivity contribution in [3.63, 3.8) is 0 Å². The molecule has 1 aromatic rings. The Labute approximate surface area is 174 Å². The van der Waals surface area contributed by atoms with Gasteiger partial charge in [-0.15, -0.1) is 0 Å². The maximum absolute atomic E-state index is 12.0. The minimum absolute atomic E-state index is 0.0392. The number of aliphatic hydroxyl groups is 1. The smallest absolute Gasteiger partial charge is 0.342 e. The van der Waals surface area contributed by atoms with Crippen LogP contribution in [-0.4, -0.2) is 52.4 Å². The Morgan fingerprint density at radius 1 is 1.33 bits per heavy atom. The summed E-state index contributed by atoms with van der Waals surface area (Å²) in [6.45, 7) is 4.98. The lowest BCUT2D eigenvalue weighted by atomic mass is 9.94. The molecule has 0 spiro atoms. The van der Waals surface area contributed by atoms with Crippen molar-refractivity contribution in [2.24, 2.45) is 0 Å². The highest BCUT2D eigenvalue weighted by Gasteiger charge is 2.32. The third kappa shape index (κ3) is 4.91. The fourth-order valence-corrected chi connectivity index (χ4v) is 3.35. The van der Waals surface area contributed by atoms with Crippen molar-refractivity contribution in [3.05, 3.63) is 33.9 Å². The molecule has 0 unspecified atom stereocenters. The van der Waals surface area contributed by atoms with E-state index in [-0.39, 0.29) is 30.8 Å². The zero-order valence-electron chi connectivity index (χ0n) is 17.4. The predicted molar refractivity (Wildman–Crippen MR) is 106 cm³/mol. The first-order chi connectivity index (χ1) is 14.1. The number of carbonyl (C=O) groups excluding carboxylic acids is 2. The number of phenolic OH excluding ortho intramolecular Hbond substituents is 1. The van der Waals surface area contributed by atoms with Gasteiger partial charge in [-0.3, -0.25) is 4.79 Å². The number of phenols is 1. The van der Waals surface area contributed by atoms with E-state index < -0.39 is 30.0 Å². The number of ether oxygens (including phenoxy) is 2. The van der Waals surface area contributed by atoms with Crippen LogP contribution in [0, 0.1) is 6.92 Å². The standard InChI is InChI=1S/C21H27NO8/c1-10(6-8-15(24)22-17(12(3)23)20(26)27)5-7-13-18(25)16-14(9-30-21(16)28)11(2)19(13)29-4/h5,12,17,23,25H,6-9H2,1-4H3,(H,22,24)(H,26,27)/b10-5+/t12-,17-/m1/s1. The number of hydrogen-bond acceptors (Lipinski definition) is 7. The Kier molecular flexibility index (Phi) is 7.44. The highest BCUT2D eigenvalue weighted by atomic mass is 16.5. The number of hydrogen-bond donors (Lipinski definition) is 4. The molecule has 0 saturated heterocycles. The van der Waals surface area contributed by atoms with Gasteiger partial charge in [0.1, 0.15) is 23.7 Å². The number of nitrogens with one attached hydrogen (secondary N) is 1. The maximum Gasteiger partial charge on any atom is 0.342 e. The molecular weight excluding hydrogens is 394 g/mol. The highest BCUT2D eigenvalue weighted by Crippen LogP contribution is 2.42. The van der Waals surface area contributed by atoms with E-state index in [1.165, 1.54) is 14.0 Å². The quantitative estimate of drug-likeness (QED) is 0.348. The Bertz CT molecular complexity index is 888. The molecular formula is C21H27NO8. The van der Waals surface area contributed by atoms with Gasteiger partial charge in [0.05, 0.1) is 13.2 Å². The van der Waals surface area contributed by atoms with E-state index in [1.807, 2.05) is 0 Å². The van der Waals surface area contributed by atoms with Crippen LogP contribution in [-0.2, 0) is 27.4 Å². The van der Waals surface area contributed by atoms with Gasteiger partial charge in [0.15, 0.2) is 6.04 Å². The number of carbonyl (C=O) groups is 3. The lowest BCUT2D eigenvalue weighted by Gasteiger charge is -2.17. The summed E-state index contributed by atoms with van der Waals surface area (Å²) in [5.41, 5.74) is 2.79. The second-order valence-electron chi connectivity index (χ2n) is 7.29.